The maximum Gasteiger partial charge on any atom is 0.273 e. The van der Waals surface area contributed by atoms with E-state index in [0.717, 1.165) is 27.4 Å². The molecule has 0 bridgehead atoms. The highest BCUT2D eigenvalue weighted by molar-refractivity contribution is 7.92. The minimum atomic E-state index is -4.49. The van der Waals surface area contributed by atoms with E-state index >= 15 is 0 Å². The molecule has 40 heavy (non-hydrogen) atoms. The van der Waals surface area contributed by atoms with Crippen molar-refractivity contribution in [2.45, 2.75) is 25.3 Å². The second kappa shape index (κ2) is 11.8. The van der Waals surface area contributed by atoms with Gasteiger partial charge in [-0.15, -0.1) is 0 Å². The standard InChI is InChI=1S/C27H26ClN5O6S/c1-18-8-10-22(15-24(18)33(35)36)40(37,38)32(25-14-21(28)9-11-26(25)39-3)17-27(34)30-16-20-6-4-5-7-23(20)31-13-12-29-19(31)2/h4-15H,16-17H2,1-3H3,(H,30,34). The number of nitrogens with zero attached hydrogens (tertiary/aromatic N) is 4. The number of halogens is 1. The minimum absolute atomic E-state index is 0.00261. The van der Waals surface area contributed by atoms with Gasteiger partial charge in [0, 0.05) is 35.6 Å². The van der Waals surface area contributed by atoms with Gasteiger partial charge in [-0.05, 0) is 49.7 Å². The summed E-state index contributed by atoms with van der Waals surface area (Å²) in [6.45, 7) is 2.81. The Kier molecular flexibility index (Phi) is 8.40. The Morgan fingerprint density at radius 2 is 1.90 bits per heavy atom. The minimum Gasteiger partial charge on any atom is -0.495 e. The number of nitro groups is 1. The highest BCUT2D eigenvalue weighted by atomic mass is 35.5. The molecule has 1 aromatic heterocycles. The summed E-state index contributed by atoms with van der Waals surface area (Å²) in [6, 6.07) is 15.3. The van der Waals surface area contributed by atoms with E-state index in [1.54, 1.807) is 12.4 Å². The number of imidazole rings is 1. The molecule has 3 aromatic carbocycles. The zero-order chi connectivity index (χ0) is 29.0. The van der Waals surface area contributed by atoms with Gasteiger partial charge in [-0.3, -0.25) is 19.2 Å². The first kappa shape index (κ1) is 28.6. The molecule has 4 rings (SSSR count). The van der Waals surface area contributed by atoms with Crippen molar-refractivity contribution in [2.75, 3.05) is 18.0 Å². The number of carbonyl (C=O) groups is 1. The van der Waals surface area contributed by atoms with Crippen LogP contribution in [0.5, 0.6) is 5.75 Å². The topological polar surface area (TPSA) is 137 Å². The number of amides is 1. The highest BCUT2D eigenvalue weighted by Gasteiger charge is 2.31. The van der Waals surface area contributed by atoms with Crippen molar-refractivity contribution >= 4 is 38.9 Å². The van der Waals surface area contributed by atoms with Crippen molar-refractivity contribution in [3.05, 3.63) is 105 Å². The first-order valence-electron chi connectivity index (χ1n) is 12.0. The first-order valence-corrected chi connectivity index (χ1v) is 13.8. The average molecular weight is 584 g/mol. The number of carbonyl (C=O) groups excluding carboxylic acids is 1. The van der Waals surface area contributed by atoms with Gasteiger partial charge in [0.1, 0.15) is 18.1 Å². The number of nitro benzene ring substituents is 1. The molecular formula is C27H26ClN5O6S. The largest absolute Gasteiger partial charge is 0.495 e. The predicted molar refractivity (Wildman–Crippen MR) is 151 cm³/mol. The predicted octanol–water partition coefficient (Wildman–Crippen LogP) is 4.57. The smallest absolute Gasteiger partial charge is 0.273 e. The van der Waals surface area contributed by atoms with Crippen molar-refractivity contribution in [3.8, 4) is 11.4 Å². The Bertz CT molecular complexity index is 1690. The Hall–Kier alpha value is -4.42. The fourth-order valence-corrected chi connectivity index (χ4v) is 5.75. The van der Waals surface area contributed by atoms with Crippen LogP contribution >= 0.6 is 11.6 Å². The van der Waals surface area contributed by atoms with Crippen LogP contribution in [0.1, 0.15) is 17.0 Å². The SMILES string of the molecule is COc1ccc(Cl)cc1N(CC(=O)NCc1ccccc1-n1ccnc1C)S(=O)(=O)c1ccc(C)c([N+](=O)[O-])c1. The van der Waals surface area contributed by atoms with Crippen LogP contribution in [-0.4, -0.2) is 42.5 Å². The summed E-state index contributed by atoms with van der Waals surface area (Å²) in [5.41, 5.74) is 1.52. The Morgan fingerprint density at radius 3 is 2.58 bits per heavy atom. The molecule has 0 fully saturated rings. The number of benzene rings is 3. The Labute approximate surface area is 236 Å². The molecule has 208 valence electrons. The zero-order valence-corrected chi connectivity index (χ0v) is 23.4. The summed E-state index contributed by atoms with van der Waals surface area (Å²) >= 11 is 6.18. The van der Waals surface area contributed by atoms with Crippen LogP contribution in [0.4, 0.5) is 11.4 Å². The van der Waals surface area contributed by atoms with Crippen LogP contribution in [0, 0.1) is 24.0 Å². The lowest BCUT2D eigenvalue weighted by atomic mass is 10.1. The lowest BCUT2D eigenvalue weighted by Gasteiger charge is -2.26. The molecule has 0 unspecified atom stereocenters. The molecule has 0 atom stereocenters. The molecule has 0 saturated carbocycles. The first-order chi connectivity index (χ1) is 19.0. The van der Waals surface area contributed by atoms with Gasteiger partial charge >= 0.3 is 0 Å². The number of aryl methyl sites for hydroxylation is 2. The third-order valence-electron chi connectivity index (χ3n) is 6.22. The number of nitrogens with one attached hydrogen (secondary N) is 1. The number of rotatable bonds is 10. The number of para-hydroxylation sites is 1. The Morgan fingerprint density at radius 1 is 1.15 bits per heavy atom. The number of ether oxygens (including phenoxy) is 1. The van der Waals surface area contributed by atoms with Crippen LogP contribution in [0.3, 0.4) is 0 Å². The molecule has 0 aliphatic heterocycles. The van der Waals surface area contributed by atoms with E-state index in [4.69, 9.17) is 16.3 Å². The van der Waals surface area contributed by atoms with Gasteiger partial charge in [0.05, 0.1) is 28.3 Å². The zero-order valence-electron chi connectivity index (χ0n) is 21.9. The van der Waals surface area contributed by atoms with Gasteiger partial charge in [-0.25, -0.2) is 13.4 Å². The number of hydrogen-bond donors (Lipinski definition) is 1. The van der Waals surface area contributed by atoms with E-state index in [0.29, 0.717) is 5.56 Å². The summed E-state index contributed by atoms with van der Waals surface area (Å²) in [4.78, 5) is 28.0. The van der Waals surface area contributed by atoms with E-state index in [1.165, 1.54) is 44.4 Å². The average Bonchev–Trinajstić information content (AvgIpc) is 3.36. The number of anilines is 1. The summed E-state index contributed by atoms with van der Waals surface area (Å²) in [5.74, 6) is 0.281. The van der Waals surface area contributed by atoms with Gasteiger partial charge < -0.3 is 14.6 Å². The van der Waals surface area contributed by atoms with Gasteiger partial charge in [0.25, 0.3) is 15.7 Å². The van der Waals surface area contributed by atoms with Crippen molar-refractivity contribution in [3.63, 3.8) is 0 Å². The lowest BCUT2D eigenvalue weighted by molar-refractivity contribution is -0.385. The van der Waals surface area contributed by atoms with E-state index in [-0.39, 0.29) is 33.6 Å². The van der Waals surface area contributed by atoms with Crippen molar-refractivity contribution < 1.29 is 22.9 Å². The van der Waals surface area contributed by atoms with E-state index in [2.05, 4.69) is 10.3 Å². The molecule has 1 N–H and O–H groups in total. The summed E-state index contributed by atoms with van der Waals surface area (Å²) in [5, 5.41) is 14.5. The molecular weight excluding hydrogens is 558 g/mol. The maximum atomic E-state index is 13.9. The van der Waals surface area contributed by atoms with E-state index in [9.17, 15) is 23.3 Å². The van der Waals surface area contributed by atoms with Gasteiger partial charge in [0.2, 0.25) is 5.91 Å². The monoisotopic (exact) mass is 583 g/mol. The molecule has 13 heteroatoms. The lowest BCUT2D eigenvalue weighted by Crippen LogP contribution is -2.41. The van der Waals surface area contributed by atoms with Crippen LogP contribution in [0.2, 0.25) is 5.02 Å². The molecule has 0 aliphatic carbocycles. The molecule has 0 aliphatic rings. The summed E-state index contributed by atoms with van der Waals surface area (Å²) in [6.07, 6.45) is 3.47. The van der Waals surface area contributed by atoms with Gasteiger partial charge in [0.15, 0.2) is 0 Å². The number of methoxy groups -OCH3 is 1. The second-order valence-electron chi connectivity index (χ2n) is 8.78. The number of hydrogen-bond acceptors (Lipinski definition) is 7. The molecule has 1 amide bonds. The second-order valence-corrected chi connectivity index (χ2v) is 11.1. The normalized spacial score (nSPS) is 11.2. The Balaban J connectivity index is 1.69. The third kappa shape index (κ3) is 5.92. The van der Waals surface area contributed by atoms with E-state index < -0.39 is 27.4 Å². The quantitative estimate of drug-likeness (QED) is 0.213. The molecule has 1 heterocycles. The van der Waals surface area contributed by atoms with E-state index in [1.807, 2.05) is 35.8 Å². The summed E-state index contributed by atoms with van der Waals surface area (Å²) in [7, 11) is -3.14. The van der Waals surface area contributed by atoms with Gasteiger partial charge in [-0.1, -0.05) is 35.9 Å². The number of aromatic nitrogens is 2. The molecule has 0 spiro atoms. The van der Waals surface area contributed by atoms with Crippen molar-refractivity contribution in [1.29, 1.82) is 0 Å². The fourth-order valence-electron chi connectivity index (χ4n) is 4.14. The molecule has 4 aromatic rings. The summed E-state index contributed by atoms with van der Waals surface area (Å²) < 4.78 is 35.8. The maximum absolute atomic E-state index is 13.9. The fraction of sp³-hybridized carbons (Fsp3) is 0.185. The van der Waals surface area contributed by atoms with Crippen molar-refractivity contribution in [2.24, 2.45) is 0 Å². The van der Waals surface area contributed by atoms with Crippen LogP contribution in [-0.2, 0) is 21.4 Å². The van der Waals surface area contributed by atoms with Gasteiger partial charge in [-0.2, -0.15) is 0 Å². The van der Waals surface area contributed by atoms with Crippen LogP contribution in [0.25, 0.3) is 5.69 Å². The van der Waals surface area contributed by atoms with Crippen LogP contribution < -0.4 is 14.4 Å². The molecule has 0 radical (unpaired) electrons. The molecule has 11 nitrogen and oxygen atoms in total. The molecule has 0 saturated heterocycles. The van der Waals surface area contributed by atoms with Crippen molar-refractivity contribution in [1.82, 2.24) is 14.9 Å². The third-order valence-corrected chi connectivity index (χ3v) is 8.21. The van der Waals surface area contributed by atoms with Crippen LogP contribution in [0.15, 0.2) is 78.0 Å². The number of sulfonamides is 1. The highest BCUT2D eigenvalue weighted by Crippen LogP contribution is 2.35.